The van der Waals surface area contributed by atoms with Crippen molar-refractivity contribution < 1.29 is 14.3 Å². The lowest BCUT2D eigenvalue weighted by molar-refractivity contribution is -0.128. The largest absolute Gasteiger partial charge is 0.497 e. The Morgan fingerprint density at radius 2 is 1.75 bits per heavy atom. The van der Waals surface area contributed by atoms with E-state index < -0.39 is 6.10 Å². The maximum atomic E-state index is 12.6. The van der Waals surface area contributed by atoms with E-state index in [4.69, 9.17) is 9.47 Å². The van der Waals surface area contributed by atoms with Crippen LogP contribution in [0.15, 0.2) is 48.5 Å². The van der Waals surface area contributed by atoms with Gasteiger partial charge in [0.1, 0.15) is 11.5 Å². The highest BCUT2D eigenvalue weighted by Gasteiger charge is 2.18. The molecule has 0 aromatic heterocycles. The number of ether oxygens (including phenoxy) is 2. The summed E-state index contributed by atoms with van der Waals surface area (Å²) in [6, 6.07) is 15.7. The molecule has 0 saturated carbocycles. The first-order chi connectivity index (χ1) is 13.7. The molecule has 1 atom stereocenters. The Bertz CT molecular complexity index is 755. The fourth-order valence-corrected chi connectivity index (χ4v) is 3.48. The summed E-state index contributed by atoms with van der Waals surface area (Å²) in [5, 5.41) is 3.01. The molecule has 1 aliphatic rings. The molecule has 1 fully saturated rings. The number of carbonyl (C=O) groups excluding carboxylic acids is 1. The van der Waals surface area contributed by atoms with Gasteiger partial charge in [-0.2, -0.15) is 0 Å². The van der Waals surface area contributed by atoms with Crippen molar-refractivity contribution in [3.05, 3.63) is 59.7 Å². The van der Waals surface area contributed by atoms with Gasteiger partial charge < -0.3 is 14.8 Å². The third-order valence-electron chi connectivity index (χ3n) is 5.06. The molecule has 1 heterocycles. The van der Waals surface area contributed by atoms with Gasteiger partial charge in [-0.05, 0) is 67.7 Å². The van der Waals surface area contributed by atoms with E-state index in [1.807, 2.05) is 31.2 Å². The van der Waals surface area contributed by atoms with E-state index in [1.165, 1.54) is 31.5 Å². The van der Waals surface area contributed by atoms with Crippen LogP contribution in [0.25, 0.3) is 0 Å². The number of methoxy groups -OCH3 is 1. The average molecular weight is 383 g/mol. The number of hydrogen-bond donors (Lipinski definition) is 1. The van der Waals surface area contributed by atoms with Crippen molar-refractivity contribution in [1.82, 2.24) is 10.2 Å². The molecule has 5 nitrogen and oxygen atoms in total. The number of likely N-dealkylation sites (tertiary alicyclic amines) is 1. The van der Waals surface area contributed by atoms with Crippen LogP contribution in [0, 0.1) is 0 Å². The van der Waals surface area contributed by atoms with Gasteiger partial charge in [-0.1, -0.05) is 31.2 Å². The van der Waals surface area contributed by atoms with E-state index in [0.29, 0.717) is 18.7 Å². The lowest BCUT2D eigenvalue weighted by atomic mass is 10.1. The Kier molecular flexibility index (Phi) is 7.31. The summed E-state index contributed by atoms with van der Waals surface area (Å²) >= 11 is 0. The molecular formula is C23H30N2O3. The smallest absolute Gasteiger partial charge is 0.261 e. The van der Waals surface area contributed by atoms with Crippen molar-refractivity contribution >= 4 is 5.91 Å². The Morgan fingerprint density at radius 1 is 1.07 bits per heavy atom. The molecule has 1 saturated heterocycles. The van der Waals surface area contributed by atoms with E-state index in [0.717, 1.165) is 17.9 Å². The molecule has 1 N–H and O–H groups in total. The summed E-state index contributed by atoms with van der Waals surface area (Å²) in [6.45, 7) is 5.81. The highest BCUT2D eigenvalue weighted by Crippen LogP contribution is 2.19. The number of rotatable bonds is 9. The summed E-state index contributed by atoms with van der Waals surface area (Å²) in [5.41, 5.74) is 2.42. The van der Waals surface area contributed by atoms with Crippen LogP contribution in [0.4, 0.5) is 0 Å². The molecule has 3 rings (SSSR count). The summed E-state index contributed by atoms with van der Waals surface area (Å²) in [7, 11) is 1.62. The number of nitrogens with zero attached hydrogens (tertiary/aromatic N) is 1. The Morgan fingerprint density at radius 3 is 2.43 bits per heavy atom. The molecule has 2 aromatic carbocycles. The molecule has 0 bridgehead atoms. The van der Waals surface area contributed by atoms with Crippen molar-refractivity contribution in [2.75, 3.05) is 20.2 Å². The quantitative estimate of drug-likeness (QED) is 0.717. The zero-order chi connectivity index (χ0) is 19.8. The van der Waals surface area contributed by atoms with Gasteiger partial charge in [0, 0.05) is 13.1 Å². The molecule has 28 heavy (non-hydrogen) atoms. The predicted molar refractivity (Wildman–Crippen MR) is 111 cm³/mol. The zero-order valence-electron chi connectivity index (χ0n) is 16.8. The van der Waals surface area contributed by atoms with Crippen LogP contribution in [0.3, 0.4) is 0 Å². The van der Waals surface area contributed by atoms with Crippen molar-refractivity contribution in [3.63, 3.8) is 0 Å². The van der Waals surface area contributed by atoms with Gasteiger partial charge >= 0.3 is 0 Å². The second-order valence-electron chi connectivity index (χ2n) is 7.21. The van der Waals surface area contributed by atoms with E-state index in [9.17, 15) is 4.79 Å². The average Bonchev–Trinajstić information content (AvgIpc) is 3.24. The molecule has 0 aliphatic carbocycles. The van der Waals surface area contributed by atoms with Crippen molar-refractivity contribution in [2.24, 2.45) is 0 Å². The summed E-state index contributed by atoms with van der Waals surface area (Å²) in [5.74, 6) is 1.33. The summed E-state index contributed by atoms with van der Waals surface area (Å²) in [6.07, 6.45) is 2.68. The number of hydrogen-bond acceptors (Lipinski definition) is 4. The molecular weight excluding hydrogens is 352 g/mol. The van der Waals surface area contributed by atoms with Crippen LogP contribution in [0.5, 0.6) is 11.5 Å². The molecule has 0 radical (unpaired) electrons. The molecule has 5 heteroatoms. The number of benzene rings is 2. The molecule has 2 aromatic rings. The number of nitrogens with one attached hydrogen (secondary N) is 1. The summed E-state index contributed by atoms with van der Waals surface area (Å²) in [4.78, 5) is 15.0. The SMILES string of the molecule is CC[C@H](Oc1ccc(OC)cc1)C(=O)NCc1cccc(CN2CCCC2)c1. The van der Waals surface area contributed by atoms with Crippen molar-refractivity contribution in [2.45, 2.75) is 45.4 Å². The standard InChI is InChI=1S/C23H30N2O3/c1-3-22(28-21-11-9-20(27-2)10-12-21)23(26)24-16-18-7-6-8-19(15-18)17-25-13-4-5-14-25/h6-12,15,22H,3-5,13-14,16-17H2,1-2H3,(H,24,26)/t22-/m0/s1. The van der Waals surface area contributed by atoms with Gasteiger partial charge in [-0.25, -0.2) is 0 Å². The fourth-order valence-electron chi connectivity index (χ4n) is 3.48. The minimum absolute atomic E-state index is 0.0942. The van der Waals surface area contributed by atoms with Crippen LogP contribution in [-0.4, -0.2) is 37.1 Å². The minimum atomic E-state index is -0.513. The van der Waals surface area contributed by atoms with Crippen LogP contribution in [0.2, 0.25) is 0 Å². The second-order valence-corrected chi connectivity index (χ2v) is 7.21. The Labute approximate surface area is 167 Å². The lowest BCUT2D eigenvalue weighted by Crippen LogP contribution is -2.37. The Hall–Kier alpha value is -2.53. The predicted octanol–water partition coefficient (Wildman–Crippen LogP) is 3.76. The van der Waals surface area contributed by atoms with Crippen molar-refractivity contribution in [3.8, 4) is 11.5 Å². The zero-order valence-corrected chi connectivity index (χ0v) is 16.8. The highest BCUT2D eigenvalue weighted by atomic mass is 16.5. The maximum Gasteiger partial charge on any atom is 0.261 e. The molecule has 0 unspecified atom stereocenters. The van der Waals surface area contributed by atoms with Gasteiger partial charge in [0.2, 0.25) is 0 Å². The highest BCUT2D eigenvalue weighted by molar-refractivity contribution is 5.81. The number of carbonyl (C=O) groups is 1. The third-order valence-corrected chi connectivity index (χ3v) is 5.06. The first-order valence-corrected chi connectivity index (χ1v) is 10.1. The molecule has 150 valence electrons. The topological polar surface area (TPSA) is 50.8 Å². The van der Waals surface area contributed by atoms with Gasteiger partial charge in [0.15, 0.2) is 6.10 Å². The fraction of sp³-hybridized carbons (Fsp3) is 0.435. The van der Waals surface area contributed by atoms with Gasteiger partial charge in [0.05, 0.1) is 7.11 Å². The van der Waals surface area contributed by atoms with Gasteiger partial charge in [-0.3, -0.25) is 9.69 Å². The van der Waals surface area contributed by atoms with Crippen LogP contribution in [0.1, 0.15) is 37.3 Å². The van der Waals surface area contributed by atoms with E-state index >= 15 is 0 Å². The Balaban J connectivity index is 1.52. The first kappa shape index (κ1) is 20.2. The lowest BCUT2D eigenvalue weighted by Gasteiger charge is -2.18. The van der Waals surface area contributed by atoms with Crippen LogP contribution in [-0.2, 0) is 17.9 Å². The summed E-state index contributed by atoms with van der Waals surface area (Å²) < 4.78 is 11.0. The normalized spacial score (nSPS) is 15.2. The number of amides is 1. The first-order valence-electron chi connectivity index (χ1n) is 10.1. The van der Waals surface area contributed by atoms with Crippen LogP contribution < -0.4 is 14.8 Å². The molecule has 1 aliphatic heterocycles. The van der Waals surface area contributed by atoms with Crippen molar-refractivity contribution in [1.29, 1.82) is 0 Å². The van der Waals surface area contributed by atoms with E-state index in [2.05, 4.69) is 34.5 Å². The van der Waals surface area contributed by atoms with Crippen LogP contribution >= 0.6 is 0 Å². The molecule has 1 amide bonds. The van der Waals surface area contributed by atoms with Gasteiger partial charge in [-0.15, -0.1) is 0 Å². The second kappa shape index (κ2) is 10.1. The third kappa shape index (κ3) is 5.73. The monoisotopic (exact) mass is 382 g/mol. The minimum Gasteiger partial charge on any atom is -0.497 e. The molecule has 0 spiro atoms. The maximum absolute atomic E-state index is 12.6. The van der Waals surface area contributed by atoms with E-state index in [1.54, 1.807) is 7.11 Å². The van der Waals surface area contributed by atoms with Gasteiger partial charge in [0.25, 0.3) is 5.91 Å². The van der Waals surface area contributed by atoms with E-state index in [-0.39, 0.29) is 5.91 Å².